The van der Waals surface area contributed by atoms with Gasteiger partial charge in [-0.25, -0.2) is 0 Å². The van der Waals surface area contributed by atoms with Crippen molar-refractivity contribution in [2.75, 3.05) is 6.61 Å². The van der Waals surface area contributed by atoms with Crippen LogP contribution in [-0.4, -0.2) is 16.4 Å². The van der Waals surface area contributed by atoms with Crippen molar-refractivity contribution in [1.82, 2.24) is 9.78 Å². The quantitative estimate of drug-likeness (QED) is 0.799. The Hall–Kier alpha value is -1.48. The van der Waals surface area contributed by atoms with E-state index in [4.69, 9.17) is 16.3 Å². The van der Waals surface area contributed by atoms with E-state index in [0.29, 0.717) is 17.5 Å². The molecule has 0 unspecified atom stereocenters. The van der Waals surface area contributed by atoms with Gasteiger partial charge in [0.15, 0.2) is 0 Å². The highest BCUT2D eigenvalue weighted by molar-refractivity contribution is 6.32. The van der Waals surface area contributed by atoms with E-state index in [2.05, 4.69) is 5.10 Å². The number of benzene rings is 1. The van der Waals surface area contributed by atoms with Gasteiger partial charge in [-0.2, -0.15) is 9.78 Å². The van der Waals surface area contributed by atoms with E-state index >= 15 is 0 Å². The average molecular weight is 223 g/mol. The van der Waals surface area contributed by atoms with Crippen LogP contribution < -0.4 is 4.74 Å². The van der Waals surface area contributed by atoms with Crippen LogP contribution in [-0.2, 0) is 0 Å². The lowest BCUT2D eigenvalue weighted by atomic mass is 10.3. The molecule has 0 spiro atoms. The maximum atomic E-state index is 6.07. The fraction of sp³-hybridized carbons (Fsp3) is 0.182. The van der Waals surface area contributed by atoms with Gasteiger partial charge < -0.3 is 4.74 Å². The van der Waals surface area contributed by atoms with Gasteiger partial charge in [-0.05, 0) is 19.1 Å². The van der Waals surface area contributed by atoms with Crippen molar-refractivity contribution in [1.29, 1.82) is 0 Å². The Bertz CT molecular complexity index is 453. The lowest BCUT2D eigenvalue weighted by molar-refractivity contribution is 0.316. The summed E-state index contributed by atoms with van der Waals surface area (Å²) in [5.74, 6) is 0.700. The molecule has 15 heavy (non-hydrogen) atoms. The van der Waals surface area contributed by atoms with E-state index < -0.39 is 0 Å². The van der Waals surface area contributed by atoms with Crippen molar-refractivity contribution in [3.8, 4) is 11.6 Å². The molecule has 0 N–H and O–H groups in total. The van der Waals surface area contributed by atoms with Gasteiger partial charge in [-0.15, -0.1) is 0 Å². The van der Waals surface area contributed by atoms with Crippen LogP contribution in [0.2, 0.25) is 5.02 Å². The van der Waals surface area contributed by atoms with Crippen molar-refractivity contribution in [2.45, 2.75) is 6.92 Å². The first-order chi connectivity index (χ1) is 7.33. The minimum atomic E-state index is 0.607. The van der Waals surface area contributed by atoms with Crippen molar-refractivity contribution in [3.05, 3.63) is 41.6 Å². The first kappa shape index (κ1) is 10.1. The molecule has 1 aromatic heterocycles. The summed E-state index contributed by atoms with van der Waals surface area (Å²) in [6.45, 7) is 2.54. The molecule has 0 radical (unpaired) electrons. The molecule has 0 saturated heterocycles. The number of para-hydroxylation sites is 1. The highest BCUT2D eigenvalue weighted by Crippen LogP contribution is 2.23. The predicted octanol–water partition coefficient (Wildman–Crippen LogP) is 2.92. The van der Waals surface area contributed by atoms with Gasteiger partial charge in [0.1, 0.15) is 0 Å². The van der Waals surface area contributed by atoms with E-state index in [1.165, 1.54) is 0 Å². The second-order valence-electron chi connectivity index (χ2n) is 2.97. The van der Waals surface area contributed by atoms with Crippen LogP contribution in [0.1, 0.15) is 6.92 Å². The van der Waals surface area contributed by atoms with Crippen molar-refractivity contribution < 1.29 is 4.74 Å². The summed E-state index contributed by atoms with van der Waals surface area (Å²) in [6, 6.07) is 9.34. The Kier molecular flexibility index (Phi) is 2.92. The van der Waals surface area contributed by atoms with Crippen LogP contribution in [0.3, 0.4) is 0 Å². The third kappa shape index (κ3) is 1.97. The highest BCUT2D eigenvalue weighted by Gasteiger charge is 2.07. The Labute approximate surface area is 93.2 Å². The highest BCUT2D eigenvalue weighted by atomic mass is 35.5. The van der Waals surface area contributed by atoms with Crippen LogP contribution in [0.25, 0.3) is 5.69 Å². The number of nitrogens with zero attached hydrogens (tertiary/aromatic N) is 2. The standard InChI is InChI=1S/C11H11ClN2O/c1-2-15-11-7-8-13-14(11)10-6-4-3-5-9(10)12/h3-8H,2H2,1H3. The number of rotatable bonds is 3. The Balaban J connectivity index is 2.45. The zero-order chi connectivity index (χ0) is 10.7. The smallest absolute Gasteiger partial charge is 0.216 e. The number of ether oxygens (including phenoxy) is 1. The molecule has 0 aliphatic heterocycles. The fourth-order valence-corrected chi connectivity index (χ4v) is 1.57. The van der Waals surface area contributed by atoms with Crippen molar-refractivity contribution in [2.24, 2.45) is 0 Å². The van der Waals surface area contributed by atoms with Crippen LogP contribution in [0.15, 0.2) is 36.5 Å². The molecule has 0 atom stereocenters. The van der Waals surface area contributed by atoms with E-state index in [1.54, 1.807) is 10.9 Å². The zero-order valence-electron chi connectivity index (χ0n) is 8.35. The molecular weight excluding hydrogens is 212 g/mol. The van der Waals surface area contributed by atoms with Crippen LogP contribution in [0.4, 0.5) is 0 Å². The molecule has 2 rings (SSSR count). The van der Waals surface area contributed by atoms with E-state index in [0.717, 1.165) is 5.69 Å². The molecule has 2 aromatic rings. The molecule has 1 aromatic carbocycles. The summed E-state index contributed by atoms with van der Waals surface area (Å²) < 4.78 is 7.11. The molecule has 0 fully saturated rings. The predicted molar refractivity (Wildman–Crippen MR) is 59.7 cm³/mol. The minimum absolute atomic E-state index is 0.607. The van der Waals surface area contributed by atoms with Gasteiger partial charge in [-0.1, -0.05) is 23.7 Å². The molecular formula is C11H11ClN2O. The SMILES string of the molecule is CCOc1ccnn1-c1ccccc1Cl. The molecule has 0 aliphatic rings. The normalized spacial score (nSPS) is 10.3. The van der Waals surface area contributed by atoms with Gasteiger partial charge in [0, 0.05) is 6.07 Å². The molecule has 78 valence electrons. The second-order valence-corrected chi connectivity index (χ2v) is 3.37. The number of hydrogen-bond acceptors (Lipinski definition) is 2. The van der Waals surface area contributed by atoms with Gasteiger partial charge in [0.05, 0.1) is 23.5 Å². The van der Waals surface area contributed by atoms with Gasteiger partial charge >= 0.3 is 0 Å². The van der Waals surface area contributed by atoms with Crippen LogP contribution in [0.5, 0.6) is 5.88 Å². The topological polar surface area (TPSA) is 27.1 Å². The lowest BCUT2D eigenvalue weighted by Crippen LogP contribution is -2.02. The maximum absolute atomic E-state index is 6.07. The second kappa shape index (κ2) is 4.36. The van der Waals surface area contributed by atoms with E-state index in [1.807, 2.05) is 37.3 Å². The van der Waals surface area contributed by atoms with E-state index in [9.17, 15) is 0 Å². The molecule has 3 nitrogen and oxygen atoms in total. The molecule has 0 bridgehead atoms. The molecule has 1 heterocycles. The third-order valence-electron chi connectivity index (χ3n) is 1.98. The number of hydrogen-bond donors (Lipinski definition) is 0. The Morgan fingerprint density at radius 3 is 2.87 bits per heavy atom. The summed E-state index contributed by atoms with van der Waals surface area (Å²) in [7, 11) is 0. The summed E-state index contributed by atoms with van der Waals surface area (Å²) in [5.41, 5.74) is 0.826. The first-order valence-corrected chi connectivity index (χ1v) is 5.12. The maximum Gasteiger partial charge on any atom is 0.216 e. The summed E-state index contributed by atoms with van der Waals surface area (Å²) in [5, 5.41) is 4.83. The molecule has 4 heteroatoms. The van der Waals surface area contributed by atoms with Crippen molar-refractivity contribution in [3.63, 3.8) is 0 Å². The summed E-state index contributed by atoms with van der Waals surface area (Å²) >= 11 is 6.07. The first-order valence-electron chi connectivity index (χ1n) is 4.74. The Morgan fingerprint density at radius 1 is 1.33 bits per heavy atom. The molecule has 0 aliphatic carbocycles. The van der Waals surface area contributed by atoms with Crippen LogP contribution in [0, 0.1) is 0 Å². The van der Waals surface area contributed by atoms with Gasteiger partial charge in [0.25, 0.3) is 0 Å². The molecule has 0 saturated carbocycles. The van der Waals surface area contributed by atoms with Gasteiger partial charge in [-0.3, -0.25) is 0 Å². The minimum Gasteiger partial charge on any atom is -0.478 e. The van der Waals surface area contributed by atoms with Crippen LogP contribution >= 0.6 is 11.6 Å². The average Bonchev–Trinajstić information content (AvgIpc) is 2.67. The Morgan fingerprint density at radius 2 is 2.13 bits per heavy atom. The van der Waals surface area contributed by atoms with E-state index in [-0.39, 0.29) is 0 Å². The monoisotopic (exact) mass is 222 g/mol. The summed E-state index contributed by atoms with van der Waals surface area (Å²) in [6.07, 6.45) is 1.69. The van der Waals surface area contributed by atoms with Gasteiger partial charge in [0.2, 0.25) is 5.88 Å². The third-order valence-corrected chi connectivity index (χ3v) is 2.30. The number of halogens is 1. The number of aromatic nitrogens is 2. The molecule has 0 amide bonds. The largest absolute Gasteiger partial charge is 0.478 e. The zero-order valence-corrected chi connectivity index (χ0v) is 9.11. The fourth-order valence-electron chi connectivity index (χ4n) is 1.35. The lowest BCUT2D eigenvalue weighted by Gasteiger charge is -2.08. The van der Waals surface area contributed by atoms with Crippen molar-refractivity contribution >= 4 is 11.6 Å². The summed E-state index contributed by atoms with van der Waals surface area (Å²) in [4.78, 5) is 0.